The van der Waals surface area contributed by atoms with Gasteiger partial charge in [-0.15, -0.1) is 0 Å². The van der Waals surface area contributed by atoms with Crippen LogP contribution in [0.15, 0.2) is 33.5 Å². The topological polar surface area (TPSA) is 136 Å². The Morgan fingerprint density at radius 3 is 2.73 bits per heavy atom. The molecule has 0 aliphatic carbocycles. The third-order valence-corrected chi connectivity index (χ3v) is 5.28. The van der Waals surface area contributed by atoms with Gasteiger partial charge >= 0.3 is 0 Å². The molecule has 0 bridgehead atoms. The average Bonchev–Trinajstić information content (AvgIpc) is 3.49. The minimum Gasteiger partial charge on any atom is -0.466 e. The monoisotopic (exact) mass is 446 g/mol. The molecule has 0 saturated heterocycles. The number of hydrogen-bond acceptors (Lipinski definition) is 9. The Bertz CT molecular complexity index is 1500. The minimum atomic E-state index is -0.244. The third-order valence-electron chi connectivity index (χ3n) is 5.28. The number of anilines is 1. The number of hydrogen-bond donors (Lipinski definition) is 2. The SMILES string of the molecule is Cc1cc(NCCNC(=O)c2cc(-c3cc(C)oc3C)nc3onc(C)c23)n2ncnc2n1. The summed E-state index contributed by atoms with van der Waals surface area (Å²) >= 11 is 0. The molecule has 5 rings (SSSR count). The number of aryl methyl sites for hydroxylation is 4. The number of rotatable bonds is 6. The first kappa shape index (κ1) is 20.6. The molecule has 1 amide bonds. The fourth-order valence-corrected chi connectivity index (χ4v) is 3.82. The van der Waals surface area contributed by atoms with E-state index in [2.05, 4.69) is 35.8 Å². The predicted octanol–water partition coefficient (Wildman–Crippen LogP) is 3.00. The molecule has 33 heavy (non-hydrogen) atoms. The molecule has 2 N–H and O–H groups in total. The van der Waals surface area contributed by atoms with E-state index in [9.17, 15) is 4.79 Å². The van der Waals surface area contributed by atoms with Crippen LogP contribution in [0, 0.1) is 27.7 Å². The maximum absolute atomic E-state index is 13.1. The number of amides is 1. The van der Waals surface area contributed by atoms with Gasteiger partial charge in [0.15, 0.2) is 0 Å². The molecule has 0 aliphatic rings. The molecule has 0 saturated carbocycles. The normalized spacial score (nSPS) is 11.4. The van der Waals surface area contributed by atoms with E-state index in [0.29, 0.717) is 46.9 Å². The standard InChI is InChI=1S/C22H22N8O3/c1-11-7-18(30-22(27-11)25-10-26-30)23-5-6-24-20(31)16-9-17(15-8-12(2)32-14(15)4)28-21-19(16)13(3)29-33-21/h7-10,23H,5-6H2,1-4H3,(H,24,31). The molecular formula is C22H22N8O3. The average molecular weight is 446 g/mol. The van der Waals surface area contributed by atoms with Crippen molar-refractivity contribution in [3.63, 3.8) is 0 Å². The highest BCUT2D eigenvalue weighted by Gasteiger charge is 2.21. The summed E-state index contributed by atoms with van der Waals surface area (Å²) in [4.78, 5) is 26.1. The van der Waals surface area contributed by atoms with Crippen molar-refractivity contribution in [2.75, 3.05) is 18.4 Å². The van der Waals surface area contributed by atoms with Crippen LogP contribution < -0.4 is 10.6 Å². The summed E-state index contributed by atoms with van der Waals surface area (Å²) in [7, 11) is 0. The van der Waals surface area contributed by atoms with Crippen LogP contribution in [0.4, 0.5) is 5.82 Å². The number of nitrogens with one attached hydrogen (secondary N) is 2. The van der Waals surface area contributed by atoms with Crippen LogP contribution in [-0.2, 0) is 0 Å². The summed E-state index contributed by atoms with van der Waals surface area (Å²) in [6.45, 7) is 8.26. The molecule has 0 fully saturated rings. The lowest BCUT2D eigenvalue weighted by Gasteiger charge is -2.10. The summed E-state index contributed by atoms with van der Waals surface area (Å²) in [6.07, 6.45) is 1.45. The Balaban J connectivity index is 1.36. The smallest absolute Gasteiger partial charge is 0.259 e. The Morgan fingerprint density at radius 2 is 1.94 bits per heavy atom. The van der Waals surface area contributed by atoms with Gasteiger partial charge in [0.2, 0.25) is 0 Å². The lowest BCUT2D eigenvalue weighted by Crippen LogP contribution is -2.29. The second-order valence-electron chi connectivity index (χ2n) is 7.77. The zero-order valence-corrected chi connectivity index (χ0v) is 18.6. The quantitative estimate of drug-likeness (QED) is 0.377. The zero-order chi connectivity index (χ0) is 23.1. The van der Waals surface area contributed by atoms with Gasteiger partial charge in [0.25, 0.3) is 17.4 Å². The molecule has 0 aromatic carbocycles. The van der Waals surface area contributed by atoms with Gasteiger partial charge in [-0.1, -0.05) is 5.16 Å². The first-order valence-electron chi connectivity index (χ1n) is 10.4. The number of carbonyl (C=O) groups excluding carboxylic acids is 1. The van der Waals surface area contributed by atoms with E-state index in [1.54, 1.807) is 17.5 Å². The molecule has 5 aromatic rings. The predicted molar refractivity (Wildman–Crippen MR) is 120 cm³/mol. The molecule has 0 spiro atoms. The third kappa shape index (κ3) is 3.77. The van der Waals surface area contributed by atoms with E-state index in [-0.39, 0.29) is 5.91 Å². The van der Waals surface area contributed by atoms with Crippen molar-refractivity contribution < 1.29 is 13.7 Å². The summed E-state index contributed by atoms with van der Waals surface area (Å²) in [6, 6.07) is 5.51. The molecule has 168 valence electrons. The molecule has 0 radical (unpaired) electrons. The van der Waals surface area contributed by atoms with E-state index >= 15 is 0 Å². The zero-order valence-electron chi connectivity index (χ0n) is 18.6. The molecule has 0 atom stereocenters. The summed E-state index contributed by atoms with van der Waals surface area (Å²) < 4.78 is 12.6. The largest absolute Gasteiger partial charge is 0.466 e. The Hall–Kier alpha value is -4.28. The van der Waals surface area contributed by atoms with Gasteiger partial charge in [-0.25, -0.2) is 9.97 Å². The van der Waals surface area contributed by atoms with E-state index < -0.39 is 0 Å². The number of fused-ring (bicyclic) bond motifs is 2. The van der Waals surface area contributed by atoms with Gasteiger partial charge < -0.3 is 19.6 Å². The summed E-state index contributed by atoms with van der Waals surface area (Å²) in [5.74, 6) is 2.51. The number of furan rings is 1. The van der Waals surface area contributed by atoms with Crippen molar-refractivity contribution in [1.29, 1.82) is 0 Å². The maximum atomic E-state index is 13.1. The van der Waals surface area contributed by atoms with Crippen molar-refractivity contribution in [2.24, 2.45) is 0 Å². The van der Waals surface area contributed by atoms with Crippen molar-refractivity contribution in [1.82, 2.24) is 35.0 Å². The van der Waals surface area contributed by atoms with Crippen LogP contribution >= 0.6 is 0 Å². The fraction of sp³-hybridized carbons (Fsp3) is 0.273. The first-order chi connectivity index (χ1) is 15.9. The lowest BCUT2D eigenvalue weighted by atomic mass is 10.1. The second-order valence-corrected chi connectivity index (χ2v) is 7.77. The molecule has 11 heteroatoms. The van der Waals surface area contributed by atoms with Crippen molar-refractivity contribution >= 4 is 28.6 Å². The van der Waals surface area contributed by atoms with Crippen molar-refractivity contribution in [3.05, 3.63) is 53.0 Å². The molecule has 0 unspecified atom stereocenters. The van der Waals surface area contributed by atoms with Crippen LogP contribution in [0.3, 0.4) is 0 Å². The van der Waals surface area contributed by atoms with Gasteiger partial charge in [-0.2, -0.15) is 14.6 Å². The van der Waals surface area contributed by atoms with Gasteiger partial charge in [0.05, 0.1) is 22.3 Å². The highest BCUT2D eigenvalue weighted by molar-refractivity contribution is 6.07. The van der Waals surface area contributed by atoms with Crippen LogP contribution in [-0.4, -0.2) is 48.7 Å². The van der Waals surface area contributed by atoms with Crippen LogP contribution in [0.25, 0.3) is 28.1 Å². The first-order valence-corrected chi connectivity index (χ1v) is 10.4. The molecular weight excluding hydrogens is 424 g/mol. The van der Waals surface area contributed by atoms with Gasteiger partial charge in [-0.05, 0) is 39.8 Å². The second kappa shape index (κ2) is 8.01. The van der Waals surface area contributed by atoms with Crippen LogP contribution in [0.1, 0.15) is 33.3 Å². The Labute approximate surface area is 188 Å². The van der Waals surface area contributed by atoms with Gasteiger partial charge in [0.1, 0.15) is 23.7 Å². The van der Waals surface area contributed by atoms with Gasteiger partial charge in [-0.3, -0.25) is 4.79 Å². The van der Waals surface area contributed by atoms with E-state index in [0.717, 1.165) is 28.6 Å². The molecule has 0 aliphatic heterocycles. The number of carbonyl (C=O) groups is 1. The minimum absolute atomic E-state index is 0.244. The number of pyridine rings is 1. The van der Waals surface area contributed by atoms with E-state index in [1.807, 2.05) is 32.9 Å². The lowest BCUT2D eigenvalue weighted by molar-refractivity contribution is 0.0956. The van der Waals surface area contributed by atoms with E-state index in [1.165, 1.54) is 6.33 Å². The van der Waals surface area contributed by atoms with Crippen molar-refractivity contribution in [3.8, 4) is 11.3 Å². The van der Waals surface area contributed by atoms with Crippen molar-refractivity contribution in [2.45, 2.75) is 27.7 Å². The van der Waals surface area contributed by atoms with Gasteiger partial charge in [0, 0.05) is 30.4 Å². The fourth-order valence-electron chi connectivity index (χ4n) is 3.82. The maximum Gasteiger partial charge on any atom is 0.259 e. The molecule has 11 nitrogen and oxygen atoms in total. The Morgan fingerprint density at radius 1 is 1.09 bits per heavy atom. The molecule has 5 aromatic heterocycles. The van der Waals surface area contributed by atoms with E-state index in [4.69, 9.17) is 8.94 Å². The number of aromatic nitrogens is 6. The van der Waals surface area contributed by atoms with Crippen LogP contribution in [0.2, 0.25) is 0 Å². The number of nitrogens with zero attached hydrogens (tertiary/aromatic N) is 6. The summed E-state index contributed by atoms with van der Waals surface area (Å²) in [5.41, 5.74) is 3.59. The highest BCUT2D eigenvalue weighted by atomic mass is 16.5. The molecule has 5 heterocycles. The summed E-state index contributed by atoms with van der Waals surface area (Å²) in [5, 5.41) is 15.0. The highest BCUT2D eigenvalue weighted by Crippen LogP contribution is 2.30. The Kier molecular flexibility index (Phi) is 5.00. The van der Waals surface area contributed by atoms with Crippen LogP contribution in [0.5, 0.6) is 0 Å².